The molecular weight excluding hydrogens is 212 g/mol. The van der Waals surface area contributed by atoms with E-state index in [4.69, 9.17) is 16.3 Å². The summed E-state index contributed by atoms with van der Waals surface area (Å²) < 4.78 is 5.22. The number of ether oxygens (including phenoxy) is 1. The first-order valence-corrected chi connectivity index (χ1v) is 5.48. The van der Waals surface area contributed by atoms with Crippen molar-refractivity contribution < 1.29 is 4.74 Å². The van der Waals surface area contributed by atoms with Crippen molar-refractivity contribution >= 4 is 17.3 Å². The van der Waals surface area contributed by atoms with E-state index in [0.717, 1.165) is 24.1 Å². The van der Waals surface area contributed by atoms with Gasteiger partial charge in [0.1, 0.15) is 5.15 Å². The average Bonchev–Trinajstić information content (AvgIpc) is 2.16. The summed E-state index contributed by atoms with van der Waals surface area (Å²) in [7, 11) is 1.76. The first-order chi connectivity index (χ1) is 7.19. The summed E-state index contributed by atoms with van der Waals surface area (Å²) in [5, 5.41) is 3.98. The molecule has 82 valence electrons. The van der Waals surface area contributed by atoms with Crippen LogP contribution in [0.2, 0.25) is 5.15 Å². The van der Waals surface area contributed by atoms with E-state index in [2.05, 4.69) is 10.3 Å². The summed E-state index contributed by atoms with van der Waals surface area (Å²) >= 11 is 5.85. The molecule has 3 nitrogen and oxygen atoms in total. The van der Waals surface area contributed by atoms with Crippen LogP contribution >= 0.6 is 11.6 Å². The monoisotopic (exact) mass is 226 g/mol. The molecule has 1 aromatic rings. The Bertz CT molecular complexity index is 350. The van der Waals surface area contributed by atoms with Crippen LogP contribution in [0.15, 0.2) is 12.3 Å². The van der Waals surface area contributed by atoms with Crippen molar-refractivity contribution in [2.75, 3.05) is 12.4 Å². The van der Waals surface area contributed by atoms with Gasteiger partial charge in [-0.25, -0.2) is 4.98 Å². The van der Waals surface area contributed by atoms with E-state index >= 15 is 0 Å². The third-order valence-corrected chi connectivity index (χ3v) is 3.21. The lowest BCUT2D eigenvalue weighted by atomic mass is 9.89. The van der Waals surface area contributed by atoms with Gasteiger partial charge in [0.05, 0.1) is 18.0 Å². The number of nitrogens with one attached hydrogen (secondary N) is 1. The van der Waals surface area contributed by atoms with Crippen LogP contribution in [0.4, 0.5) is 5.69 Å². The Labute approximate surface area is 94.8 Å². The fourth-order valence-electron chi connectivity index (χ4n) is 1.75. The number of aryl methyl sites for hydroxylation is 1. The summed E-state index contributed by atoms with van der Waals surface area (Å²) in [6, 6.07) is 2.53. The van der Waals surface area contributed by atoms with E-state index in [-0.39, 0.29) is 0 Å². The van der Waals surface area contributed by atoms with Gasteiger partial charge < -0.3 is 10.1 Å². The maximum absolute atomic E-state index is 5.85. The predicted octanol–water partition coefficient (Wildman–Crippen LogP) is 2.63. The molecule has 0 bridgehead atoms. The Morgan fingerprint density at radius 3 is 2.87 bits per heavy atom. The van der Waals surface area contributed by atoms with Crippen LogP contribution in [0.5, 0.6) is 0 Å². The second-order valence-electron chi connectivity index (χ2n) is 4.00. The summed E-state index contributed by atoms with van der Waals surface area (Å²) in [5.41, 5.74) is 2.04. The number of hydrogen-bond donors (Lipinski definition) is 1. The number of anilines is 1. The van der Waals surface area contributed by atoms with Crippen LogP contribution in [0.25, 0.3) is 0 Å². The van der Waals surface area contributed by atoms with Gasteiger partial charge in [0, 0.05) is 13.2 Å². The number of nitrogens with zero attached hydrogens (tertiary/aromatic N) is 1. The topological polar surface area (TPSA) is 34.1 Å². The molecule has 0 atom stereocenters. The first-order valence-electron chi connectivity index (χ1n) is 5.10. The molecule has 1 heterocycles. The van der Waals surface area contributed by atoms with Crippen LogP contribution in [0.3, 0.4) is 0 Å². The SMILES string of the molecule is COC1CC(Nc2cnc(Cl)c(C)c2)C1. The molecule has 0 unspecified atom stereocenters. The normalized spacial score (nSPS) is 24.7. The molecule has 0 aliphatic heterocycles. The molecule has 1 saturated carbocycles. The van der Waals surface area contributed by atoms with E-state index in [0.29, 0.717) is 17.3 Å². The molecule has 1 fully saturated rings. The third-order valence-electron chi connectivity index (χ3n) is 2.81. The zero-order valence-electron chi connectivity index (χ0n) is 8.96. The zero-order valence-corrected chi connectivity index (χ0v) is 9.71. The maximum atomic E-state index is 5.85. The standard InChI is InChI=1S/C11H15ClN2O/c1-7-3-9(6-13-11(7)12)14-8-4-10(5-8)15-2/h3,6,8,10,14H,4-5H2,1-2H3. The van der Waals surface area contributed by atoms with Crippen molar-refractivity contribution in [3.05, 3.63) is 23.0 Å². The highest BCUT2D eigenvalue weighted by Gasteiger charge is 2.28. The maximum Gasteiger partial charge on any atom is 0.132 e. The van der Waals surface area contributed by atoms with Gasteiger partial charge >= 0.3 is 0 Å². The molecule has 1 aromatic heterocycles. The average molecular weight is 227 g/mol. The van der Waals surface area contributed by atoms with Gasteiger partial charge in [-0.05, 0) is 31.4 Å². The van der Waals surface area contributed by atoms with Crippen molar-refractivity contribution in [3.63, 3.8) is 0 Å². The van der Waals surface area contributed by atoms with Crippen molar-refractivity contribution in [2.24, 2.45) is 0 Å². The van der Waals surface area contributed by atoms with Crippen molar-refractivity contribution in [2.45, 2.75) is 31.9 Å². The van der Waals surface area contributed by atoms with Crippen LogP contribution in [-0.4, -0.2) is 24.2 Å². The van der Waals surface area contributed by atoms with Crippen LogP contribution in [0.1, 0.15) is 18.4 Å². The molecule has 4 heteroatoms. The summed E-state index contributed by atoms with van der Waals surface area (Å²) in [5.74, 6) is 0. The second kappa shape index (κ2) is 4.37. The van der Waals surface area contributed by atoms with E-state index in [1.165, 1.54) is 0 Å². The molecule has 1 aliphatic rings. The Morgan fingerprint density at radius 2 is 2.27 bits per heavy atom. The number of hydrogen-bond acceptors (Lipinski definition) is 3. The summed E-state index contributed by atoms with van der Waals surface area (Å²) in [6.45, 7) is 1.96. The quantitative estimate of drug-likeness (QED) is 0.805. The Hall–Kier alpha value is -0.800. The highest BCUT2D eigenvalue weighted by atomic mass is 35.5. The molecule has 15 heavy (non-hydrogen) atoms. The van der Waals surface area contributed by atoms with E-state index in [9.17, 15) is 0 Å². The van der Waals surface area contributed by atoms with Gasteiger partial charge in [0.15, 0.2) is 0 Å². The number of rotatable bonds is 3. The van der Waals surface area contributed by atoms with Crippen LogP contribution in [0, 0.1) is 6.92 Å². The summed E-state index contributed by atoms with van der Waals surface area (Å²) in [6.07, 6.45) is 4.33. The van der Waals surface area contributed by atoms with Gasteiger partial charge in [-0.1, -0.05) is 11.6 Å². The van der Waals surface area contributed by atoms with Crippen LogP contribution in [-0.2, 0) is 4.74 Å². The van der Waals surface area contributed by atoms with E-state index < -0.39 is 0 Å². The lowest BCUT2D eigenvalue weighted by Crippen LogP contribution is -2.40. The second-order valence-corrected chi connectivity index (χ2v) is 4.36. The molecule has 2 rings (SSSR count). The Balaban J connectivity index is 1.92. The molecule has 0 radical (unpaired) electrons. The van der Waals surface area contributed by atoms with Gasteiger partial charge in [0.25, 0.3) is 0 Å². The lowest BCUT2D eigenvalue weighted by molar-refractivity contribution is 0.0328. The zero-order chi connectivity index (χ0) is 10.8. The van der Waals surface area contributed by atoms with E-state index in [1.54, 1.807) is 13.3 Å². The van der Waals surface area contributed by atoms with Gasteiger partial charge in [-0.2, -0.15) is 0 Å². The number of aromatic nitrogens is 1. The number of halogens is 1. The smallest absolute Gasteiger partial charge is 0.132 e. The molecule has 0 aromatic carbocycles. The van der Waals surface area contributed by atoms with Gasteiger partial charge in [-0.3, -0.25) is 0 Å². The molecular formula is C11H15ClN2O. The molecule has 0 saturated heterocycles. The molecule has 1 aliphatic carbocycles. The third kappa shape index (κ3) is 2.41. The highest BCUT2D eigenvalue weighted by Crippen LogP contribution is 2.26. The molecule has 1 N–H and O–H groups in total. The Kier molecular flexibility index (Phi) is 3.12. The first kappa shape index (κ1) is 10.7. The van der Waals surface area contributed by atoms with Crippen molar-refractivity contribution in [1.82, 2.24) is 4.98 Å². The predicted molar refractivity (Wildman–Crippen MR) is 61.4 cm³/mol. The fraction of sp³-hybridized carbons (Fsp3) is 0.545. The largest absolute Gasteiger partial charge is 0.381 e. The van der Waals surface area contributed by atoms with Gasteiger partial charge in [0.2, 0.25) is 0 Å². The molecule has 0 spiro atoms. The highest BCUT2D eigenvalue weighted by molar-refractivity contribution is 6.30. The minimum Gasteiger partial charge on any atom is -0.381 e. The number of pyridine rings is 1. The Morgan fingerprint density at radius 1 is 1.53 bits per heavy atom. The minimum atomic E-state index is 0.420. The number of methoxy groups -OCH3 is 1. The lowest BCUT2D eigenvalue weighted by Gasteiger charge is -2.35. The van der Waals surface area contributed by atoms with Crippen molar-refractivity contribution in [1.29, 1.82) is 0 Å². The minimum absolute atomic E-state index is 0.420. The fourth-order valence-corrected chi connectivity index (χ4v) is 1.85. The molecule has 0 amide bonds. The van der Waals surface area contributed by atoms with Crippen LogP contribution < -0.4 is 5.32 Å². The van der Waals surface area contributed by atoms with Gasteiger partial charge in [-0.15, -0.1) is 0 Å². The van der Waals surface area contributed by atoms with E-state index in [1.807, 2.05) is 13.0 Å². The van der Waals surface area contributed by atoms with Crippen molar-refractivity contribution in [3.8, 4) is 0 Å². The summed E-state index contributed by atoms with van der Waals surface area (Å²) in [4.78, 5) is 4.10.